The molecular weight excluding hydrogens is 651 g/mol. The molecule has 0 aliphatic heterocycles. The Balaban J connectivity index is 1.27. The minimum atomic E-state index is -4.83. The number of carbonyl (C=O) groups is 1. The molecule has 0 saturated carbocycles. The summed E-state index contributed by atoms with van der Waals surface area (Å²) in [5, 5.41) is 7.76. The second kappa shape index (κ2) is 12.1. The van der Waals surface area contributed by atoms with Crippen molar-refractivity contribution < 1.29 is 49.0 Å². The molecule has 0 radical (unpaired) electrons. The van der Waals surface area contributed by atoms with Crippen LogP contribution in [0.4, 0.5) is 61.5 Å². The van der Waals surface area contributed by atoms with Gasteiger partial charge in [0.2, 0.25) is 0 Å². The Morgan fingerprint density at radius 1 is 0.745 bits per heavy atom. The van der Waals surface area contributed by atoms with Crippen LogP contribution in [0.5, 0.6) is 11.8 Å². The standard InChI is InChI=1S/C28H17F9N8O2/c29-26(30,31)15-3-6-21(45-8-7-22(44-45)28(35,36)37)20(10-15)43-24(46)42-17-12-40-25(41-13-17)47-18-4-1-14(2-5-18)19-9-16(27(32,33)34)11-39-23(19)38/h1-13H,(H2,38,39)(H2,42,43,46). The first-order valence-electron chi connectivity index (χ1n) is 12.8. The summed E-state index contributed by atoms with van der Waals surface area (Å²) in [5.74, 6) is 0.0541. The number of alkyl halides is 9. The number of benzene rings is 2. The first-order valence-corrected chi connectivity index (χ1v) is 12.8. The lowest BCUT2D eigenvalue weighted by Crippen LogP contribution is -2.21. The van der Waals surface area contributed by atoms with Crippen LogP contribution >= 0.6 is 0 Å². The second-order valence-corrected chi connectivity index (χ2v) is 9.49. The number of halogens is 9. The van der Waals surface area contributed by atoms with Gasteiger partial charge in [0.15, 0.2) is 5.69 Å². The second-order valence-electron chi connectivity index (χ2n) is 9.49. The smallest absolute Gasteiger partial charge is 0.424 e. The first-order chi connectivity index (χ1) is 22.0. The summed E-state index contributed by atoms with van der Waals surface area (Å²) in [5.41, 5.74) is 1.78. The third kappa shape index (κ3) is 7.68. The lowest BCUT2D eigenvalue weighted by molar-refractivity contribution is -0.141. The molecule has 0 spiro atoms. The Kier molecular flexibility index (Phi) is 8.40. The molecule has 5 rings (SSSR count). The third-order valence-electron chi connectivity index (χ3n) is 6.20. The molecule has 2 aromatic carbocycles. The number of hydrogen-bond donors (Lipinski definition) is 3. The monoisotopic (exact) mass is 668 g/mol. The van der Waals surface area contributed by atoms with E-state index in [1.165, 1.54) is 24.3 Å². The molecular formula is C28H17F9N8O2. The largest absolute Gasteiger partial charge is 0.435 e. The molecule has 47 heavy (non-hydrogen) atoms. The molecule has 4 N–H and O–H groups in total. The maximum Gasteiger partial charge on any atom is 0.435 e. The zero-order chi connectivity index (χ0) is 34.1. The summed E-state index contributed by atoms with van der Waals surface area (Å²) in [6, 6.07) is 7.82. The number of urea groups is 1. The molecule has 5 aromatic rings. The maximum absolute atomic E-state index is 13.3. The maximum atomic E-state index is 13.3. The molecule has 0 unspecified atom stereocenters. The molecule has 0 atom stereocenters. The predicted molar refractivity (Wildman–Crippen MR) is 147 cm³/mol. The van der Waals surface area contributed by atoms with Crippen molar-refractivity contribution in [2.75, 3.05) is 16.4 Å². The molecule has 3 heterocycles. The third-order valence-corrected chi connectivity index (χ3v) is 6.20. The minimum Gasteiger partial charge on any atom is -0.424 e. The zero-order valence-electron chi connectivity index (χ0n) is 23.0. The van der Waals surface area contributed by atoms with Crippen molar-refractivity contribution in [3.8, 4) is 28.6 Å². The fraction of sp³-hybridized carbons (Fsp3) is 0.107. The van der Waals surface area contributed by atoms with E-state index in [0.717, 1.165) is 30.7 Å². The van der Waals surface area contributed by atoms with E-state index in [2.05, 4.69) is 30.7 Å². The van der Waals surface area contributed by atoms with E-state index in [0.29, 0.717) is 34.6 Å². The van der Waals surface area contributed by atoms with Gasteiger partial charge in [0, 0.05) is 18.0 Å². The van der Waals surface area contributed by atoms with Crippen LogP contribution in [0.25, 0.3) is 16.8 Å². The molecule has 10 nitrogen and oxygen atoms in total. The number of amides is 2. The van der Waals surface area contributed by atoms with E-state index in [-0.39, 0.29) is 34.5 Å². The number of pyridine rings is 1. The molecule has 244 valence electrons. The number of rotatable bonds is 6. The molecule has 0 saturated heterocycles. The summed E-state index contributed by atoms with van der Waals surface area (Å²) in [7, 11) is 0. The van der Waals surface area contributed by atoms with Gasteiger partial charge in [-0.1, -0.05) is 12.1 Å². The Bertz CT molecular complexity index is 1900. The normalized spacial score (nSPS) is 12.1. The Hall–Kier alpha value is -5.88. The van der Waals surface area contributed by atoms with Crippen molar-refractivity contribution >= 4 is 23.2 Å². The molecule has 0 aliphatic rings. The molecule has 19 heteroatoms. The SMILES string of the molecule is Nc1ncc(C(F)(F)F)cc1-c1ccc(Oc2ncc(NC(=O)Nc3cc(C(F)(F)F)ccc3-n3ccc(C(F)(F)F)n3)cn2)cc1. The molecule has 0 aliphatic carbocycles. The number of nitrogens with two attached hydrogens (primary N) is 1. The number of aromatic nitrogens is 5. The van der Waals surface area contributed by atoms with E-state index in [1.807, 2.05) is 0 Å². The van der Waals surface area contributed by atoms with E-state index in [4.69, 9.17) is 10.5 Å². The predicted octanol–water partition coefficient (Wildman–Crippen LogP) is 7.80. The number of carbonyl (C=O) groups excluding carboxylic acids is 1. The zero-order valence-corrected chi connectivity index (χ0v) is 23.0. The summed E-state index contributed by atoms with van der Waals surface area (Å²) >= 11 is 0. The fourth-order valence-electron chi connectivity index (χ4n) is 4.01. The van der Waals surface area contributed by atoms with E-state index < -0.39 is 47.1 Å². The quantitative estimate of drug-likeness (QED) is 0.157. The highest BCUT2D eigenvalue weighted by molar-refractivity contribution is 6.00. The van der Waals surface area contributed by atoms with Gasteiger partial charge in [-0.2, -0.15) is 44.6 Å². The van der Waals surface area contributed by atoms with Crippen LogP contribution in [0, 0.1) is 0 Å². The minimum absolute atomic E-state index is 0.0456. The lowest BCUT2D eigenvalue weighted by Gasteiger charge is -2.15. The Labute approximate surface area is 257 Å². The molecule has 0 bridgehead atoms. The number of anilines is 3. The lowest BCUT2D eigenvalue weighted by atomic mass is 10.0. The topological polar surface area (TPSA) is 133 Å². The van der Waals surface area contributed by atoms with Crippen molar-refractivity contribution in [1.29, 1.82) is 0 Å². The average molecular weight is 668 g/mol. The average Bonchev–Trinajstić information content (AvgIpc) is 3.49. The van der Waals surface area contributed by atoms with Crippen molar-refractivity contribution in [1.82, 2.24) is 24.7 Å². The first kappa shape index (κ1) is 32.5. The summed E-state index contributed by atoms with van der Waals surface area (Å²) in [4.78, 5) is 24.0. The van der Waals surface area contributed by atoms with E-state index >= 15 is 0 Å². The number of hydrogen-bond acceptors (Lipinski definition) is 7. The summed E-state index contributed by atoms with van der Waals surface area (Å²) in [6.07, 6.45) is -10.6. The Morgan fingerprint density at radius 2 is 1.40 bits per heavy atom. The van der Waals surface area contributed by atoms with Gasteiger partial charge in [0.1, 0.15) is 11.6 Å². The number of ether oxygens (including phenoxy) is 1. The number of nitrogens with one attached hydrogen (secondary N) is 2. The van der Waals surface area contributed by atoms with E-state index in [9.17, 15) is 44.3 Å². The van der Waals surface area contributed by atoms with Crippen LogP contribution < -0.4 is 21.1 Å². The van der Waals surface area contributed by atoms with Crippen LogP contribution in [0.2, 0.25) is 0 Å². The summed E-state index contributed by atoms with van der Waals surface area (Å²) in [6.45, 7) is 0. The van der Waals surface area contributed by atoms with Gasteiger partial charge in [0.25, 0.3) is 0 Å². The van der Waals surface area contributed by atoms with Crippen LogP contribution in [0.1, 0.15) is 16.8 Å². The van der Waals surface area contributed by atoms with Crippen LogP contribution in [0.3, 0.4) is 0 Å². The van der Waals surface area contributed by atoms with Gasteiger partial charge >= 0.3 is 30.6 Å². The number of nitrogens with zero attached hydrogens (tertiary/aromatic N) is 5. The highest BCUT2D eigenvalue weighted by atomic mass is 19.4. The van der Waals surface area contributed by atoms with Gasteiger partial charge in [-0.15, -0.1) is 0 Å². The summed E-state index contributed by atoms with van der Waals surface area (Å²) < 4.78 is 124. The fourth-order valence-corrected chi connectivity index (χ4v) is 4.01. The van der Waals surface area contributed by atoms with Gasteiger partial charge in [-0.25, -0.2) is 24.4 Å². The molecule has 3 aromatic heterocycles. The van der Waals surface area contributed by atoms with Crippen LogP contribution in [-0.4, -0.2) is 30.8 Å². The highest BCUT2D eigenvalue weighted by Gasteiger charge is 2.35. The van der Waals surface area contributed by atoms with Gasteiger partial charge in [-0.05, 0) is 48.0 Å². The van der Waals surface area contributed by atoms with Crippen molar-refractivity contribution in [3.63, 3.8) is 0 Å². The van der Waals surface area contributed by atoms with Gasteiger partial charge < -0.3 is 21.1 Å². The molecule has 0 fully saturated rings. The number of nitrogen functional groups attached to an aromatic ring is 1. The Morgan fingerprint density at radius 3 is 2.00 bits per heavy atom. The molecule has 2 amide bonds. The highest BCUT2D eigenvalue weighted by Crippen LogP contribution is 2.36. The van der Waals surface area contributed by atoms with Crippen molar-refractivity contribution in [2.45, 2.75) is 18.5 Å². The van der Waals surface area contributed by atoms with Crippen molar-refractivity contribution in [2.24, 2.45) is 0 Å². The van der Waals surface area contributed by atoms with E-state index in [1.54, 1.807) is 0 Å². The van der Waals surface area contributed by atoms with Crippen molar-refractivity contribution in [3.05, 3.63) is 96.2 Å². The van der Waals surface area contributed by atoms with Gasteiger partial charge in [0.05, 0.1) is 40.6 Å². The van der Waals surface area contributed by atoms with Crippen LogP contribution in [0.15, 0.2) is 79.4 Å². The van der Waals surface area contributed by atoms with Crippen LogP contribution in [-0.2, 0) is 18.5 Å². The van der Waals surface area contributed by atoms with Gasteiger partial charge in [-0.3, -0.25) is 0 Å².